The van der Waals surface area contributed by atoms with Crippen LogP contribution in [0.15, 0.2) is 18.2 Å². The number of benzene rings is 1. The number of nitrogens with two attached hydrogens (primary N) is 1. The van der Waals surface area contributed by atoms with Crippen LogP contribution in [0.1, 0.15) is 59.2 Å². The van der Waals surface area contributed by atoms with Crippen molar-refractivity contribution in [3.8, 4) is 0 Å². The van der Waals surface area contributed by atoms with Crippen LogP contribution in [0.3, 0.4) is 0 Å². The SMILES string of the molecule is Nc1cccc2c1C(=O)N(C1CC[C@@H]3[C@H]4CCC[N+]5([O-])CCC[C@H](CN3C1=O)[C@@H]45)C2=O. The van der Waals surface area contributed by atoms with Gasteiger partial charge in [-0.3, -0.25) is 19.3 Å². The summed E-state index contributed by atoms with van der Waals surface area (Å²) in [5.74, 6) is -0.579. The highest BCUT2D eigenvalue weighted by atomic mass is 16.5. The molecule has 0 radical (unpaired) electrons. The molecule has 0 spiro atoms. The van der Waals surface area contributed by atoms with Crippen LogP contribution in [0.2, 0.25) is 0 Å². The van der Waals surface area contributed by atoms with Gasteiger partial charge in [-0.2, -0.15) is 0 Å². The van der Waals surface area contributed by atoms with Crippen molar-refractivity contribution in [1.29, 1.82) is 0 Å². The lowest BCUT2D eigenvalue weighted by molar-refractivity contribution is -0.925. The van der Waals surface area contributed by atoms with Gasteiger partial charge in [0, 0.05) is 30.1 Å². The van der Waals surface area contributed by atoms with Gasteiger partial charge >= 0.3 is 0 Å². The first kappa shape index (κ1) is 19.3. The van der Waals surface area contributed by atoms with Crippen molar-refractivity contribution in [2.45, 2.75) is 56.7 Å². The predicted molar refractivity (Wildman–Crippen MR) is 112 cm³/mol. The Kier molecular flexibility index (Phi) is 4.05. The normalized spacial score (nSPS) is 39.3. The minimum atomic E-state index is -0.779. The summed E-state index contributed by atoms with van der Waals surface area (Å²) in [6, 6.07) is 4.24. The number of hydroxylamine groups is 3. The molecule has 3 amide bonds. The number of carbonyl (C=O) groups is 3. The summed E-state index contributed by atoms with van der Waals surface area (Å²) < 4.78 is -0.0744. The van der Waals surface area contributed by atoms with Crippen molar-refractivity contribution >= 4 is 23.4 Å². The number of nitrogen functional groups attached to an aromatic ring is 1. The van der Waals surface area contributed by atoms with E-state index < -0.39 is 17.9 Å². The second-order valence-corrected chi connectivity index (χ2v) is 10.00. The van der Waals surface area contributed by atoms with Crippen LogP contribution < -0.4 is 5.73 Å². The highest BCUT2D eigenvalue weighted by Crippen LogP contribution is 2.48. The third kappa shape index (κ3) is 2.52. The topological polar surface area (TPSA) is 107 Å². The van der Waals surface area contributed by atoms with E-state index in [1.807, 2.05) is 4.90 Å². The van der Waals surface area contributed by atoms with Crippen molar-refractivity contribution in [3.63, 3.8) is 0 Å². The molecule has 2 N–H and O–H groups in total. The minimum absolute atomic E-state index is 0.0510. The lowest BCUT2D eigenvalue weighted by Gasteiger charge is -2.64. The number of hydrogen-bond acceptors (Lipinski definition) is 5. The Labute approximate surface area is 181 Å². The average Bonchev–Trinajstić information content (AvgIpc) is 3.00. The lowest BCUT2D eigenvalue weighted by Crippen LogP contribution is -2.73. The molecule has 4 fully saturated rings. The lowest BCUT2D eigenvalue weighted by atomic mass is 9.67. The van der Waals surface area contributed by atoms with Crippen LogP contribution in [0.5, 0.6) is 0 Å². The Hall–Kier alpha value is -2.45. The molecule has 31 heavy (non-hydrogen) atoms. The second-order valence-electron chi connectivity index (χ2n) is 10.00. The van der Waals surface area contributed by atoms with Gasteiger partial charge in [0.05, 0.1) is 30.3 Å². The number of hydrogen-bond donors (Lipinski definition) is 1. The molecular formula is C23H28N4O4. The van der Waals surface area contributed by atoms with E-state index in [-0.39, 0.29) is 51.3 Å². The third-order valence-corrected chi connectivity index (χ3v) is 8.57. The van der Waals surface area contributed by atoms with Crippen molar-refractivity contribution in [1.82, 2.24) is 9.80 Å². The first-order valence-electron chi connectivity index (χ1n) is 11.6. The maximum atomic E-state index is 13.7. The average molecular weight is 425 g/mol. The first-order chi connectivity index (χ1) is 14.9. The molecule has 1 aromatic carbocycles. The van der Waals surface area contributed by atoms with Crippen LogP contribution in [-0.4, -0.2) is 69.9 Å². The van der Waals surface area contributed by atoms with Crippen LogP contribution in [0.4, 0.5) is 5.69 Å². The summed E-state index contributed by atoms with van der Waals surface area (Å²) in [5, 5.41) is 13.5. The van der Waals surface area contributed by atoms with E-state index in [4.69, 9.17) is 5.73 Å². The number of quaternary nitrogens is 1. The van der Waals surface area contributed by atoms with Gasteiger partial charge < -0.3 is 20.5 Å². The van der Waals surface area contributed by atoms with Gasteiger partial charge in [-0.25, -0.2) is 0 Å². The van der Waals surface area contributed by atoms with Gasteiger partial charge in [0.1, 0.15) is 6.04 Å². The van der Waals surface area contributed by atoms with E-state index in [2.05, 4.69) is 0 Å². The van der Waals surface area contributed by atoms with Crippen LogP contribution in [0.25, 0.3) is 0 Å². The predicted octanol–water partition coefficient (Wildman–Crippen LogP) is 1.74. The van der Waals surface area contributed by atoms with E-state index in [1.54, 1.807) is 18.2 Å². The second kappa shape index (κ2) is 6.53. The number of amides is 3. The molecule has 0 bridgehead atoms. The highest BCUT2D eigenvalue weighted by molar-refractivity contribution is 6.25. The Morgan fingerprint density at radius 2 is 1.77 bits per heavy atom. The van der Waals surface area contributed by atoms with E-state index in [0.29, 0.717) is 26.1 Å². The summed E-state index contributed by atoms with van der Waals surface area (Å²) in [6.07, 6.45) is 4.98. The Morgan fingerprint density at radius 3 is 2.55 bits per heavy atom. The summed E-state index contributed by atoms with van der Waals surface area (Å²) >= 11 is 0. The van der Waals surface area contributed by atoms with Crippen molar-refractivity contribution < 1.29 is 19.0 Å². The van der Waals surface area contributed by atoms with E-state index >= 15 is 0 Å². The smallest absolute Gasteiger partial charge is 0.264 e. The molecule has 1 aromatic rings. The molecule has 2 unspecified atom stereocenters. The standard InChI is InChI=1S/C23H28N4O4/c24-16-7-1-5-15-19(16)23(30)26(21(15)28)18-9-8-17-14-6-3-11-27(31)10-2-4-13(20(14)27)12-25(17)22(18)29/h1,5,7,13-14,17-18,20H,2-4,6,8-12,24H2/t13-,14-,17-,18?,20+,27?/m1/s1. The van der Waals surface area contributed by atoms with E-state index in [1.165, 1.54) is 0 Å². The molecular weight excluding hydrogens is 396 g/mol. The molecule has 0 saturated carbocycles. The molecule has 6 atom stereocenters. The molecule has 164 valence electrons. The molecule has 6 rings (SSSR count). The molecule has 4 saturated heterocycles. The number of imide groups is 1. The summed E-state index contributed by atoms with van der Waals surface area (Å²) in [4.78, 5) is 42.8. The molecule has 5 heterocycles. The number of rotatable bonds is 1. The van der Waals surface area contributed by atoms with E-state index in [9.17, 15) is 19.6 Å². The highest BCUT2D eigenvalue weighted by Gasteiger charge is 2.58. The molecule has 8 nitrogen and oxygen atoms in total. The van der Waals surface area contributed by atoms with Gasteiger partial charge in [0.2, 0.25) is 5.91 Å². The van der Waals surface area contributed by atoms with Crippen molar-refractivity contribution in [2.75, 3.05) is 25.4 Å². The zero-order chi connectivity index (χ0) is 21.5. The summed E-state index contributed by atoms with van der Waals surface area (Å²) in [5.41, 5.74) is 6.75. The molecule has 5 aliphatic rings. The van der Waals surface area contributed by atoms with Crippen LogP contribution in [0, 0.1) is 17.0 Å². The Balaban J connectivity index is 1.31. The minimum Gasteiger partial charge on any atom is -0.633 e. The number of nitrogens with zero attached hydrogens (tertiary/aromatic N) is 3. The molecule has 0 aromatic heterocycles. The Bertz CT molecular complexity index is 992. The maximum absolute atomic E-state index is 13.7. The van der Waals surface area contributed by atoms with Gasteiger partial charge in [0.15, 0.2) is 0 Å². The number of fused-ring (bicyclic) bond motifs is 3. The largest absolute Gasteiger partial charge is 0.633 e. The molecule has 0 aliphatic carbocycles. The monoisotopic (exact) mass is 424 g/mol. The fourth-order valence-corrected chi connectivity index (χ4v) is 7.41. The molecule has 5 aliphatic heterocycles. The number of carbonyl (C=O) groups excluding carboxylic acids is 3. The van der Waals surface area contributed by atoms with E-state index in [0.717, 1.165) is 37.0 Å². The van der Waals surface area contributed by atoms with Crippen molar-refractivity contribution in [3.05, 3.63) is 34.5 Å². The fourth-order valence-electron chi connectivity index (χ4n) is 7.41. The number of anilines is 1. The zero-order valence-corrected chi connectivity index (χ0v) is 17.5. The van der Waals surface area contributed by atoms with Crippen LogP contribution >= 0.6 is 0 Å². The first-order valence-corrected chi connectivity index (χ1v) is 11.6. The summed E-state index contributed by atoms with van der Waals surface area (Å²) in [6.45, 7) is 1.99. The van der Waals surface area contributed by atoms with Gasteiger partial charge in [-0.05, 0) is 50.7 Å². The third-order valence-electron chi connectivity index (χ3n) is 8.57. The van der Waals surface area contributed by atoms with Gasteiger partial charge in [-0.1, -0.05) is 6.07 Å². The quantitative estimate of drug-likeness (QED) is 0.320. The van der Waals surface area contributed by atoms with Gasteiger partial charge in [0.25, 0.3) is 11.8 Å². The van der Waals surface area contributed by atoms with Crippen molar-refractivity contribution in [2.24, 2.45) is 11.8 Å². The fraction of sp³-hybridized carbons (Fsp3) is 0.609. The zero-order valence-electron chi connectivity index (χ0n) is 17.5. The summed E-state index contributed by atoms with van der Waals surface area (Å²) in [7, 11) is 0. The Morgan fingerprint density at radius 1 is 1.00 bits per heavy atom. The van der Waals surface area contributed by atoms with Crippen LogP contribution in [-0.2, 0) is 4.79 Å². The molecule has 8 heteroatoms. The van der Waals surface area contributed by atoms with Gasteiger partial charge in [-0.15, -0.1) is 0 Å². The maximum Gasteiger partial charge on any atom is 0.264 e. The number of piperidine rings is 4.